The van der Waals surface area contributed by atoms with Crippen LogP contribution in [-0.4, -0.2) is 6.61 Å². The Bertz CT molecular complexity index is 841. The maximum Gasteiger partial charge on any atom is 0.167 e. The van der Waals surface area contributed by atoms with Crippen molar-refractivity contribution in [1.82, 2.24) is 0 Å². The van der Waals surface area contributed by atoms with Crippen LogP contribution in [0.25, 0.3) is 11.1 Å². The first kappa shape index (κ1) is 23.8. The number of aryl methyl sites for hydroxylation is 1. The Balaban J connectivity index is 1.71. The van der Waals surface area contributed by atoms with Gasteiger partial charge in [-0.25, -0.2) is 13.2 Å². The second-order valence-electron chi connectivity index (χ2n) is 8.86. The first-order valence-electron chi connectivity index (χ1n) is 11.9. The minimum atomic E-state index is -0.996. The van der Waals surface area contributed by atoms with E-state index in [1.165, 1.54) is 25.0 Å². The van der Waals surface area contributed by atoms with Gasteiger partial charge in [0.2, 0.25) is 0 Å². The van der Waals surface area contributed by atoms with Gasteiger partial charge in [-0.15, -0.1) is 0 Å². The summed E-state index contributed by atoms with van der Waals surface area (Å²) in [5, 5.41) is 0. The lowest BCUT2D eigenvalue weighted by atomic mass is 9.90. The van der Waals surface area contributed by atoms with Crippen molar-refractivity contribution in [3.8, 4) is 11.1 Å². The van der Waals surface area contributed by atoms with Crippen molar-refractivity contribution in [2.75, 3.05) is 6.61 Å². The van der Waals surface area contributed by atoms with E-state index in [9.17, 15) is 13.2 Å². The summed E-state index contributed by atoms with van der Waals surface area (Å²) in [5.74, 6) is -1.92. The maximum atomic E-state index is 14.9. The van der Waals surface area contributed by atoms with Gasteiger partial charge in [0, 0.05) is 16.7 Å². The summed E-state index contributed by atoms with van der Waals surface area (Å²) < 4.78 is 50.4. The molecule has 0 bridgehead atoms. The highest BCUT2D eigenvalue weighted by atomic mass is 19.2. The number of halogens is 3. The van der Waals surface area contributed by atoms with E-state index in [2.05, 4.69) is 13.8 Å². The number of hydrogen-bond acceptors (Lipinski definition) is 1. The SMILES string of the molecule is CCCCCCc1ccc(-c2ccc(C3CCC(CCCC)CO3)c(F)c2F)c(F)c1. The summed E-state index contributed by atoms with van der Waals surface area (Å²) >= 11 is 0. The summed E-state index contributed by atoms with van der Waals surface area (Å²) in [6.07, 6.45) is 9.88. The third-order valence-corrected chi connectivity index (χ3v) is 6.44. The Labute approximate surface area is 185 Å². The van der Waals surface area contributed by atoms with Crippen LogP contribution in [0.2, 0.25) is 0 Å². The number of ether oxygens (including phenoxy) is 1. The number of rotatable bonds is 10. The molecule has 170 valence electrons. The predicted octanol–water partition coefficient (Wildman–Crippen LogP) is 8.55. The summed E-state index contributed by atoms with van der Waals surface area (Å²) in [7, 11) is 0. The summed E-state index contributed by atoms with van der Waals surface area (Å²) in [6, 6.07) is 7.88. The molecule has 1 fully saturated rings. The van der Waals surface area contributed by atoms with Gasteiger partial charge in [-0.3, -0.25) is 0 Å². The zero-order chi connectivity index (χ0) is 22.2. The van der Waals surface area contributed by atoms with Gasteiger partial charge in [-0.05, 0) is 49.7 Å². The second-order valence-corrected chi connectivity index (χ2v) is 8.86. The van der Waals surface area contributed by atoms with E-state index in [1.54, 1.807) is 12.1 Å². The zero-order valence-electron chi connectivity index (χ0n) is 18.9. The Morgan fingerprint density at radius 2 is 1.61 bits per heavy atom. The molecule has 1 heterocycles. The van der Waals surface area contributed by atoms with Crippen LogP contribution in [0.1, 0.15) is 88.9 Å². The Morgan fingerprint density at radius 3 is 2.29 bits per heavy atom. The van der Waals surface area contributed by atoms with Crippen LogP contribution in [0, 0.1) is 23.4 Å². The molecule has 0 radical (unpaired) electrons. The van der Waals surface area contributed by atoms with Crippen LogP contribution >= 0.6 is 0 Å². The second kappa shape index (κ2) is 11.7. The van der Waals surface area contributed by atoms with Crippen LogP contribution in [0.15, 0.2) is 30.3 Å². The minimum absolute atomic E-state index is 0.0343. The lowest BCUT2D eigenvalue weighted by molar-refractivity contribution is -0.0217. The van der Waals surface area contributed by atoms with Crippen molar-refractivity contribution in [3.05, 3.63) is 58.9 Å². The van der Waals surface area contributed by atoms with Crippen molar-refractivity contribution in [2.24, 2.45) is 5.92 Å². The van der Waals surface area contributed by atoms with Gasteiger partial charge < -0.3 is 4.74 Å². The summed E-state index contributed by atoms with van der Waals surface area (Å²) in [6.45, 7) is 4.90. The molecule has 1 aliphatic rings. The van der Waals surface area contributed by atoms with Gasteiger partial charge >= 0.3 is 0 Å². The molecule has 2 atom stereocenters. The number of unbranched alkanes of at least 4 members (excludes halogenated alkanes) is 4. The lowest BCUT2D eigenvalue weighted by Gasteiger charge is -2.29. The van der Waals surface area contributed by atoms with E-state index >= 15 is 0 Å². The highest BCUT2D eigenvalue weighted by Crippen LogP contribution is 2.37. The average Bonchev–Trinajstić information content (AvgIpc) is 2.78. The molecule has 0 amide bonds. The fraction of sp³-hybridized carbons (Fsp3) is 0.556. The third-order valence-electron chi connectivity index (χ3n) is 6.44. The molecule has 2 unspecified atom stereocenters. The van der Waals surface area contributed by atoms with Crippen molar-refractivity contribution in [1.29, 1.82) is 0 Å². The van der Waals surface area contributed by atoms with E-state index in [0.717, 1.165) is 50.5 Å². The molecular weight excluding hydrogens is 397 g/mol. The summed E-state index contributed by atoms with van der Waals surface area (Å²) in [4.78, 5) is 0. The molecule has 31 heavy (non-hydrogen) atoms. The van der Waals surface area contributed by atoms with E-state index in [4.69, 9.17) is 4.74 Å². The molecule has 0 aliphatic carbocycles. The molecule has 4 heteroatoms. The van der Waals surface area contributed by atoms with E-state index in [-0.39, 0.29) is 16.7 Å². The lowest BCUT2D eigenvalue weighted by Crippen LogP contribution is -2.21. The molecule has 1 aliphatic heterocycles. The van der Waals surface area contributed by atoms with Gasteiger partial charge in [0.1, 0.15) is 5.82 Å². The topological polar surface area (TPSA) is 9.23 Å². The first-order valence-corrected chi connectivity index (χ1v) is 11.9. The summed E-state index contributed by atoms with van der Waals surface area (Å²) in [5.41, 5.74) is 1.20. The molecule has 0 aromatic heterocycles. The normalized spacial score (nSPS) is 19.0. The quantitative estimate of drug-likeness (QED) is 0.342. The van der Waals surface area contributed by atoms with Crippen LogP contribution in [0.3, 0.4) is 0 Å². The van der Waals surface area contributed by atoms with Crippen molar-refractivity contribution in [3.63, 3.8) is 0 Å². The van der Waals surface area contributed by atoms with Gasteiger partial charge in [0.25, 0.3) is 0 Å². The molecule has 2 aromatic carbocycles. The van der Waals surface area contributed by atoms with Crippen LogP contribution in [0.4, 0.5) is 13.2 Å². The molecule has 1 saturated heterocycles. The largest absolute Gasteiger partial charge is 0.373 e. The van der Waals surface area contributed by atoms with Gasteiger partial charge in [0.05, 0.1) is 12.7 Å². The molecule has 0 saturated carbocycles. The predicted molar refractivity (Wildman–Crippen MR) is 121 cm³/mol. The first-order chi connectivity index (χ1) is 15.0. The maximum absolute atomic E-state index is 14.9. The molecule has 3 rings (SSSR count). The molecule has 2 aromatic rings. The van der Waals surface area contributed by atoms with E-state index < -0.39 is 23.6 Å². The third kappa shape index (κ3) is 6.12. The molecular formula is C27H35F3O. The van der Waals surface area contributed by atoms with Crippen LogP contribution in [-0.2, 0) is 11.2 Å². The Kier molecular flexibility index (Phi) is 9.01. The minimum Gasteiger partial charge on any atom is -0.373 e. The smallest absolute Gasteiger partial charge is 0.167 e. The molecule has 0 N–H and O–H groups in total. The zero-order valence-corrected chi connectivity index (χ0v) is 18.9. The van der Waals surface area contributed by atoms with Crippen molar-refractivity contribution in [2.45, 2.75) is 84.2 Å². The number of hydrogen-bond donors (Lipinski definition) is 0. The fourth-order valence-corrected chi connectivity index (χ4v) is 4.48. The van der Waals surface area contributed by atoms with Gasteiger partial charge in [-0.2, -0.15) is 0 Å². The van der Waals surface area contributed by atoms with E-state index in [0.29, 0.717) is 18.9 Å². The average molecular weight is 433 g/mol. The fourth-order valence-electron chi connectivity index (χ4n) is 4.48. The highest BCUT2D eigenvalue weighted by Gasteiger charge is 2.27. The highest BCUT2D eigenvalue weighted by molar-refractivity contribution is 5.66. The van der Waals surface area contributed by atoms with Gasteiger partial charge in [0.15, 0.2) is 11.6 Å². The monoisotopic (exact) mass is 432 g/mol. The Morgan fingerprint density at radius 1 is 0.839 bits per heavy atom. The Hall–Kier alpha value is -1.81. The van der Waals surface area contributed by atoms with Crippen molar-refractivity contribution < 1.29 is 17.9 Å². The molecule has 0 spiro atoms. The van der Waals surface area contributed by atoms with E-state index in [1.807, 2.05) is 6.07 Å². The van der Waals surface area contributed by atoms with Crippen LogP contribution in [0.5, 0.6) is 0 Å². The standard InChI is InChI=1S/C27H35F3O/c1-3-5-7-8-10-19-11-13-21(24(28)17-19)22-14-15-23(27(30)26(22)29)25-16-12-20(18-31-25)9-6-4-2/h11,13-15,17,20,25H,3-10,12,16,18H2,1-2H3. The molecule has 1 nitrogen and oxygen atoms in total. The van der Waals surface area contributed by atoms with Crippen LogP contribution < -0.4 is 0 Å². The number of benzene rings is 2. The van der Waals surface area contributed by atoms with Gasteiger partial charge in [-0.1, -0.05) is 70.2 Å². The van der Waals surface area contributed by atoms with Crippen molar-refractivity contribution >= 4 is 0 Å².